The van der Waals surface area contributed by atoms with E-state index in [1.807, 2.05) is 24.3 Å². The molecule has 0 unspecified atom stereocenters. The third kappa shape index (κ3) is 2.73. The van der Waals surface area contributed by atoms with Crippen molar-refractivity contribution in [3.8, 4) is 22.3 Å². The van der Waals surface area contributed by atoms with E-state index in [9.17, 15) is 4.39 Å². The van der Waals surface area contributed by atoms with E-state index in [1.165, 1.54) is 22.8 Å². The van der Waals surface area contributed by atoms with Gasteiger partial charge in [-0.2, -0.15) is 0 Å². The maximum atomic E-state index is 13.8. The molecule has 0 spiro atoms. The zero-order chi connectivity index (χ0) is 14.8. The Bertz CT molecular complexity index is 770. The Hall–Kier alpha value is -2.41. The Kier molecular flexibility index (Phi) is 3.57. The predicted molar refractivity (Wildman–Crippen MR) is 86.7 cm³/mol. The van der Waals surface area contributed by atoms with Crippen molar-refractivity contribution in [1.82, 2.24) is 0 Å². The molecule has 21 heavy (non-hydrogen) atoms. The SMILES string of the molecule is Cc1ccc(-c2ccc(-c3ccccc3F)cc2)c(C)c1. The molecule has 1 heteroatoms. The van der Waals surface area contributed by atoms with Gasteiger partial charge in [0.2, 0.25) is 0 Å². The lowest BCUT2D eigenvalue weighted by atomic mass is 9.96. The summed E-state index contributed by atoms with van der Waals surface area (Å²) in [6, 6.07) is 21.4. The average molecular weight is 276 g/mol. The molecule has 0 heterocycles. The van der Waals surface area contributed by atoms with Crippen molar-refractivity contribution in [1.29, 1.82) is 0 Å². The molecule has 0 saturated carbocycles. The Labute approximate surface area is 124 Å². The van der Waals surface area contributed by atoms with E-state index < -0.39 is 0 Å². The molecule has 3 aromatic carbocycles. The number of rotatable bonds is 2. The van der Waals surface area contributed by atoms with Crippen LogP contribution in [0.4, 0.5) is 4.39 Å². The van der Waals surface area contributed by atoms with E-state index in [2.05, 4.69) is 44.2 Å². The average Bonchev–Trinajstić information content (AvgIpc) is 2.48. The van der Waals surface area contributed by atoms with Crippen molar-refractivity contribution >= 4 is 0 Å². The summed E-state index contributed by atoms with van der Waals surface area (Å²) in [5, 5.41) is 0. The van der Waals surface area contributed by atoms with Gasteiger partial charge >= 0.3 is 0 Å². The molecular weight excluding hydrogens is 259 g/mol. The third-order valence-electron chi connectivity index (χ3n) is 3.76. The van der Waals surface area contributed by atoms with Crippen molar-refractivity contribution in [3.63, 3.8) is 0 Å². The van der Waals surface area contributed by atoms with E-state index in [-0.39, 0.29) is 5.82 Å². The van der Waals surface area contributed by atoms with E-state index in [1.54, 1.807) is 6.07 Å². The van der Waals surface area contributed by atoms with Crippen LogP contribution < -0.4 is 0 Å². The quantitative estimate of drug-likeness (QED) is 0.557. The first kappa shape index (κ1) is 13.6. The Morgan fingerprint density at radius 3 is 1.90 bits per heavy atom. The molecule has 0 N–H and O–H groups in total. The highest BCUT2D eigenvalue weighted by molar-refractivity contribution is 5.72. The first-order valence-electron chi connectivity index (χ1n) is 7.08. The second-order valence-corrected chi connectivity index (χ2v) is 5.38. The van der Waals surface area contributed by atoms with E-state index >= 15 is 0 Å². The fourth-order valence-corrected chi connectivity index (χ4v) is 2.66. The molecule has 0 amide bonds. The molecule has 3 rings (SSSR count). The summed E-state index contributed by atoms with van der Waals surface area (Å²) in [6.45, 7) is 4.21. The molecule has 0 aromatic heterocycles. The lowest BCUT2D eigenvalue weighted by molar-refractivity contribution is 0.631. The van der Waals surface area contributed by atoms with Gasteiger partial charge < -0.3 is 0 Å². The molecule has 0 nitrogen and oxygen atoms in total. The molecule has 104 valence electrons. The normalized spacial score (nSPS) is 10.6. The van der Waals surface area contributed by atoms with Gasteiger partial charge in [0, 0.05) is 5.56 Å². The standard InChI is InChI=1S/C20H17F/c1-14-7-12-18(15(2)13-14)16-8-10-17(11-9-16)19-5-3-4-6-20(19)21/h3-13H,1-2H3. The molecule has 0 radical (unpaired) electrons. The molecular formula is C20H17F. The number of hydrogen-bond donors (Lipinski definition) is 0. The Morgan fingerprint density at radius 2 is 1.29 bits per heavy atom. The van der Waals surface area contributed by atoms with Gasteiger partial charge in [-0.05, 0) is 42.2 Å². The molecule has 0 aliphatic heterocycles. The summed E-state index contributed by atoms with van der Waals surface area (Å²) in [5.74, 6) is -0.184. The van der Waals surface area contributed by atoms with Gasteiger partial charge in [-0.15, -0.1) is 0 Å². The number of benzene rings is 3. The van der Waals surface area contributed by atoms with Gasteiger partial charge in [-0.3, -0.25) is 0 Å². The summed E-state index contributed by atoms with van der Waals surface area (Å²) < 4.78 is 13.8. The molecule has 0 fully saturated rings. The minimum atomic E-state index is -0.184. The lowest BCUT2D eigenvalue weighted by Crippen LogP contribution is -1.86. The van der Waals surface area contributed by atoms with Gasteiger partial charge in [0.25, 0.3) is 0 Å². The van der Waals surface area contributed by atoms with Crippen molar-refractivity contribution in [2.75, 3.05) is 0 Å². The van der Waals surface area contributed by atoms with Gasteiger partial charge in [-0.25, -0.2) is 4.39 Å². The third-order valence-corrected chi connectivity index (χ3v) is 3.76. The van der Waals surface area contributed by atoms with Crippen LogP contribution in [0.3, 0.4) is 0 Å². The van der Waals surface area contributed by atoms with Crippen LogP contribution in [0.2, 0.25) is 0 Å². The molecule has 0 aliphatic rings. The van der Waals surface area contributed by atoms with Gasteiger partial charge in [0.05, 0.1) is 0 Å². The minimum absolute atomic E-state index is 0.184. The Morgan fingerprint density at radius 1 is 0.667 bits per heavy atom. The van der Waals surface area contributed by atoms with Crippen molar-refractivity contribution in [2.45, 2.75) is 13.8 Å². The van der Waals surface area contributed by atoms with Crippen LogP contribution in [-0.2, 0) is 0 Å². The summed E-state index contributed by atoms with van der Waals surface area (Å²) in [7, 11) is 0. The monoisotopic (exact) mass is 276 g/mol. The van der Waals surface area contributed by atoms with Crippen LogP contribution in [-0.4, -0.2) is 0 Å². The highest BCUT2D eigenvalue weighted by Crippen LogP contribution is 2.28. The summed E-state index contributed by atoms with van der Waals surface area (Å²) in [5.41, 5.74) is 6.45. The van der Waals surface area contributed by atoms with Crippen molar-refractivity contribution in [2.24, 2.45) is 0 Å². The largest absolute Gasteiger partial charge is 0.206 e. The first-order valence-corrected chi connectivity index (χ1v) is 7.08. The topological polar surface area (TPSA) is 0 Å². The van der Waals surface area contributed by atoms with Crippen LogP contribution in [0, 0.1) is 19.7 Å². The molecule has 3 aromatic rings. The van der Waals surface area contributed by atoms with Gasteiger partial charge in [0.1, 0.15) is 5.82 Å². The van der Waals surface area contributed by atoms with Crippen LogP contribution in [0.5, 0.6) is 0 Å². The molecule has 0 bridgehead atoms. The second-order valence-electron chi connectivity index (χ2n) is 5.38. The number of aryl methyl sites for hydroxylation is 2. The summed E-state index contributed by atoms with van der Waals surface area (Å²) in [6.07, 6.45) is 0. The zero-order valence-corrected chi connectivity index (χ0v) is 12.2. The van der Waals surface area contributed by atoms with Crippen LogP contribution in [0.1, 0.15) is 11.1 Å². The molecule has 0 atom stereocenters. The number of halogens is 1. The maximum absolute atomic E-state index is 13.8. The molecule has 0 aliphatic carbocycles. The van der Waals surface area contributed by atoms with Crippen LogP contribution in [0.15, 0.2) is 66.7 Å². The van der Waals surface area contributed by atoms with Crippen molar-refractivity contribution < 1.29 is 4.39 Å². The second kappa shape index (κ2) is 5.53. The first-order chi connectivity index (χ1) is 10.1. The van der Waals surface area contributed by atoms with Crippen molar-refractivity contribution in [3.05, 3.63) is 83.7 Å². The summed E-state index contributed by atoms with van der Waals surface area (Å²) >= 11 is 0. The maximum Gasteiger partial charge on any atom is 0.131 e. The van der Waals surface area contributed by atoms with Gasteiger partial charge in [0.15, 0.2) is 0 Å². The van der Waals surface area contributed by atoms with E-state index in [4.69, 9.17) is 0 Å². The zero-order valence-electron chi connectivity index (χ0n) is 12.2. The highest BCUT2D eigenvalue weighted by Gasteiger charge is 2.06. The lowest BCUT2D eigenvalue weighted by Gasteiger charge is -2.09. The van der Waals surface area contributed by atoms with Crippen LogP contribution in [0.25, 0.3) is 22.3 Å². The summed E-state index contributed by atoms with van der Waals surface area (Å²) in [4.78, 5) is 0. The van der Waals surface area contributed by atoms with Crippen LogP contribution >= 0.6 is 0 Å². The smallest absolute Gasteiger partial charge is 0.131 e. The van der Waals surface area contributed by atoms with Gasteiger partial charge in [-0.1, -0.05) is 66.2 Å². The molecule has 0 saturated heterocycles. The fourth-order valence-electron chi connectivity index (χ4n) is 2.66. The Balaban J connectivity index is 2.00. The highest BCUT2D eigenvalue weighted by atomic mass is 19.1. The predicted octanol–water partition coefficient (Wildman–Crippen LogP) is 5.78. The minimum Gasteiger partial charge on any atom is -0.206 e. The van der Waals surface area contributed by atoms with E-state index in [0.717, 1.165) is 11.1 Å². The number of hydrogen-bond acceptors (Lipinski definition) is 0. The fraction of sp³-hybridized carbons (Fsp3) is 0.100. The van der Waals surface area contributed by atoms with E-state index in [0.29, 0.717) is 5.56 Å².